The Bertz CT molecular complexity index is 1870. The Kier molecular flexibility index (Phi) is 7.73. The van der Waals surface area contributed by atoms with Crippen LogP contribution in [0.25, 0.3) is 33.2 Å². The van der Waals surface area contributed by atoms with Crippen LogP contribution >= 0.6 is 0 Å². The van der Waals surface area contributed by atoms with Gasteiger partial charge in [0.2, 0.25) is 0 Å². The van der Waals surface area contributed by atoms with Crippen molar-refractivity contribution in [2.45, 2.75) is 46.2 Å². The van der Waals surface area contributed by atoms with Gasteiger partial charge in [0.15, 0.2) is 0 Å². The number of rotatable bonds is 11. The van der Waals surface area contributed by atoms with Crippen molar-refractivity contribution in [2.24, 2.45) is 0 Å². The molecule has 0 aliphatic heterocycles. The zero-order chi connectivity index (χ0) is 29.1. The fraction of sp³-hybridized carbons (Fsp3) is 0.229. The van der Waals surface area contributed by atoms with E-state index in [1.807, 2.05) is 48.8 Å². The normalized spacial score (nSPS) is 11.4. The molecule has 0 radical (unpaired) electrons. The second kappa shape index (κ2) is 11.9. The van der Waals surface area contributed by atoms with E-state index >= 15 is 0 Å². The monoisotopic (exact) mass is 558 g/mol. The lowest BCUT2D eigenvalue weighted by atomic mass is 9.98. The van der Waals surface area contributed by atoms with Crippen LogP contribution in [0.2, 0.25) is 0 Å². The van der Waals surface area contributed by atoms with Crippen molar-refractivity contribution in [3.05, 3.63) is 114 Å². The first-order chi connectivity index (χ1) is 20.5. The maximum atomic E-state index is 11.8. The standard InChI is InChI=1S/C35H34N4O3/c1-3-4-13-32-37-33-24(2)14-19-31(42-21-20-38-23-36-29-11-7-8-12-30(29)38)34(33)39(32)22-25-15-17-26(18-16-25)27-9-5-6-10-28(27)35(40)41/h5-12,14-19,23H,3-4,13,20-22H2,1-2H3,(H,40,41). The van der Waals surface area contributed by atoms with Crippen LogP contribution in [0, 0.1) is 6.92 Å². The number of unbranched alkanes of at least 4 members (excludes halogenated alkanes) is 1. The highest BCUT2D eigenvalue weighted by atomic mass is 16.5. The van der Waals surface area contributed by atoms with E-state index in [4.69, 9.17) is 9.72 Å². The van der Waals surface area contributed by atoms with Gasteiger partial charge in [-0.2, -0.15) is 0 Å². The van der Waals surface area contributed by atoms with Crippen LogP contribution in [0.4, 0.5) is 0 Å². The first-order valence-electron chi connectivity index (χ1n) is 14.5. The van der Waals surface area contributed by atoms with Crippen molar-refractivity contribution in [3.63, 3.8) is 0 Å². The average Bonchev–Trinajstić information content (AvgIpc) is 3.59. The molecule has 0 atom stereocenters. The molecule has 0 spiro atoms. The smallest absolute Gasteiger partial charge is 0.336 e. The van der Waals surface area contributed by atoms with Crippen molar-refractivity contribution in [3.8, 4) is 16.9 Å². The summed E-state index contributed by atoms with van der Waals surface area (Å²) in [4.78, 5) is 21.4. The molecule has 0 fully saturated rings. The number of aromatic nitrogens is 4. The second-order valence-electron chi connectivity index (χ2n) is 10.6. The first kappa shape index (κ1) is 27.3. The Morgan fingerprint density at radius 2 is 1.74 bits per heavy atom. The molecular weight excluding hydrogens is 524 g/mol. The zero-order valence-corrected chi connectivity index (χ0v) is 24.0. The van der Waals surface area contributed by atoms with Gasteiger partial charge in [-0.1, -0.05) is 74.0 Å². The third kappa shape index (κ3) is 5.38. The number of aryl methyl sites for hydroxylation is 2. The number of carboxylic acid groups (broad SMARTS) is 1. The van der Waals surface area contributed by atoms with Crippen LogP contribution < -0.4 is 4.74 Å². The molecule has 212 valence electrons. The number of hydrogen-bond donors (Lipinski definition) is 1. The minimum Gasteiger partial charge on any atom is -0.489 e. The third-order valence-electron chi connectivity index (χ3n) is 7.77. The van der Waals surface area contributed by atoms with Gasteiger partial charge in [-0.05, 0) is 59.9 Å². The molecule has 7 nitrogen and oxygen atoms in total. The van der Waals surface area contributed by atoms with Crippen molar-refractivity contribution in [1.82, 2.24) is 19.1 Å². The molecule has 0 amide bonds. The summed E-state index contributed by atoms with van der Waals surface area (Å²) < 4.78 is 10.9. The topological polar surface area (TPSA) is 82.2 Å². The Morgan fingerprint density at radius 3 is 2.55 bits per heavy atom. The number of carbonyl (C=O) groups is 1. The molecule has 0 aliphatic carbocycles. The second-order valence-corrected chi connectivity index (χ2v) is 10.6. The molecule has 4 aromatic carbocycles. The number of hydrogen-bond acceptors (Lipinski definition) is 4. The SMILES string of the molecule is CCCCc1nc2c(C)ccc(OCCn3cnc4ccccc43)c2n1Cc1ccc(-c2ccccc2C(=O)O)cc1. The molecular formula is C35H34N4O3. The van der Waals surface area contributed by atoms with E-state index in [0.29, 0.717) is 30.8 Å². The number of carboxylic acids is 1. The Balaban J connectivity index is 1.31. The molecule has 0 bridgehead atoms. The van der Waals surface area contributed by atoms with E-state index in [2.05, 4.69) is 58.3 Å². The molecule has 0 saturated carbocycles. The molecule has 42 heavy (non-hydrogen) atoms. The average molecular weight is 559 g/mol. The van der Waals surface area contributed by atoms with Gasteiger partial charge >= 0.3 is 5.97 Å². The van der Waals surface area contributed by atoms with Gasteiger partial charge in [0.25, 0.3) is 0 Å². The highest BCUT2D eigenvalue weighted by Gasteiger charge is 2.18. The number of ether oxygens (including phenoxy) is 1. The molecule has 7 heteroatoms. The van der Waals surface area contributed by atoms with Gasteiger partial charge in [0.05, 0.1) is 35.0 Å². The molecule has 0 unspecified atom stereocenters. The molecule has 1 N–H and O–H groups in total. The van der Waals surface area contributed by atoms with E-state index in [0.717, 1.165) is 69.6 Å². The maximum Gasteiger partial charge on any atom is 0.336 e. The molecule has 0 aliphatic rings. The van der Waals surface area contributed by atoms with Gasteiger partial charge in [-0.15, -0.1) is 0 Å². The lowest BCUT2D eigenvalue weighted by molar-refractivity contribution is 0.0697. The number of nitrogens with zero attached hydrogens (tertiary/aromatic N) is 4. The van der Waals surface area contributed by atoms with Crippen LogP contribution in [0.5, 0.6) is 5.75 Å². The fourth-order valence-corrected chi connectivity index (χ4v) is 5.53. The minimum absolute atomic E-state index is 0.300. The Morgan fingerprint density at radius 1 is 0.952 bits per heavy atom. The summed E-state index contributed by atoms with van der Waals surface area (Å²) in [5.41, 5.74) is 8.18. The summed E-state index contributed by atoms with van der Waals surface area (Å²) in [6.07, 6.45) is 4.89. The predicted octanol–water partition coefficient (Wildman–Crippen LogP) is 7.53. The highest BCUT2D eigenvalue weighted by Crippen LogP contribution is 2.32. The van der Waals surface area contributed by atoms with Gasteiger partial charge in [0.1, 0.15) is 23.7 Å². The predicted molar refractivity (Wildman–Crippen MR) is 166 cm³/mol. The largest absolute Gasteiger partial charge is 0.489 e. The van der Waals surface area contributed by atoms with Crippen molar-refractivity contribution in [2.75, 3.05) is 6.61 Å². The van der Waals surface area contributed by atoms with Gasteiger partial charge in [-0.3, -0.25) is 0 Å². The lowest BCUT2D eigenvalue weighted by Crippen LogP contribution is -2.10. The number of benzene rings is 4. The van der Waals surface area contributed by atoms with Crippen LogP contribution in [-0.4, -0.2) is 36.8 Å². The van der Waals surface area contributed by atoms with Crippen molar-refractivity contribution >= 4 is 28.0 Å². The van der Waals surface area contributed by atoms with Gasteiger partial charge in [0, 0.05) is 13.0 Å². The minimum atomic E-state index is -0.927. The van der Waals surface area contributed by atoms with E-state index in [9.17, 15) is 9.90 Å². The molecule has 2 aromatic heterocycles. The van der Waals surface area contributed by atoms with Crippen molar-refractivity contribution < 1.29 is 14.6 Å². The number of fused-ring (bicyclic) bond motifs is 2. The molecule has 2 heterocycles. The number of imidazole rings is 2. The summed E-state index contributed by atoms with van der Waals surface area (Å²) >= 11 is 0. The summed E-state index contributed by atoms with van der Waals surface area (Å²) in [5.74, 6) is 0.943. The first-order valence-corrected chi connectivity index (χ1v) is 14.5. The third-order valence-corrected chi connectivity index (χ3v) is 7.77. The van der Waals surface area contributed by atoms with Crippen LogP contribution in [0.3, 0.4) is 0 Å². The summed E-state index contributed by atoms with van der Waals surface area (Å²) in [5, 5.41) is 9.64. The van der Waals surface area contributed by atoms with Crippen LogP contribution in [0.15, 0.2) is 91.3 Å². The van der Waals surface area contributed by atoms with Crippen molar-refractivity contribution in [1.29, 1.82) is 0 Å². The molecule has 6 rings (SSSR count). The summed E-state index contributed by atoms with van der Waals surface area (Å²) in [6, 6.07) is 27.5. The van der Waals surface area contributed by atoms with Gasteiger partial charge < -0.3 is 19.0 Å². The molecule has 6 aromatic rings. The maximum absolute atomic E-state index is 11.8. The van der Waals surface area contributed by atoms with Gasteiger partial charge in [-0.25, -0.2) is 14.8 Å². The highest BCUT2D eigenvalue weighted by molar-refractivity contribution is 5.96. The fourth-order valence-electron chi connectivity index (χ4n) is 5.53. The zero-order valence-electron chi connectivity index (χ0n) is 24.0. The van der Waals surface area contributed by atoms with E-state index in [-0.39, 0.29) is 0 Å². The Hall–Kier alpha value is -4.91. The van der Waals surface area contributed by atoms with E-state index < -0.39 is 5.97 Å². The van der Waals surface area contributed by atoms with Crippen LogP contribution in [0.1, 0.15) is 47.1 Å². The van der Waals surface area contributed by atoms with E-state index in [1.165, 1.54) is 0 Å². The molecule has 0 saturated heterocycles. The van der Waals surface area contributed by atoms with E-state index in [1.54, 1.807) is 12.1 Å². The lowest BCUT2D eigenvalue weighted by Gasteiger charge is -2.14. The summed E-state index contributed by atoms with van der Waals surface area (Å²) in [6.45, 7) is 6.12. The summed E-state index contributed by atoms with van der Waals surface area (Å²) in [7, 11) is 0. The quantitative estimate of drug-likeness (QED) is 0.178. The van der Waals surface area contributed by atoms with Crippen LogP contribution in [-0.2, 0) is 19.5 Å². The number of para-hydroxylation sites is 2. The Labute approximate surface area is 245 Å². The number of aromatic carboxylic acids is 1.